The second-order valence-corrected chi connectivity index (χ2v) is 9.21. The number of hydrogen-bond acceptors (Lipinski definition) is 4. The van der Waals surface area contributed by atoms with Crippen molar-refractivity contribution in [1.82, 2.24) is 9.62 Å². The largest absolute Gasteiger partial charge is 0.497 e. The average Bonchev–Trinajstić information content (AvgIpc) is 2.70. The standard InChI is InChI=1S/C19H20Cl2N2O4S/c1-27-15-3-5-16(6-4-15)28(25,26)23-10-8-14(9-11-23)22-19(24)13-2-7-17(20)18(21)12-13/h2-7,12,14H,8-11H2,1H3,(H,22,24). The van der Waals surface area contributed by atoms with Crippen molar-refractivity contribution in [2.45, 2.75) is 23.8 Å². The first-order valence-electron chi connectivity index (χ1n) is 8.71. The normalized spacial score (nSPS) is 16.0. The van der Waals surface area contributed by atoms with Crippen LogP contribution < -0.4 is 10.1 Å². The summed E-state index contributed by atoms with van der Waals surface area (Å²) in [7, 11) is -2.04. The molecule has 0 radical (unpaired) electrons. The molecule has 0 aromatic heterocycles. The van der Waals surface area contributed by atoms with E-state index in [-0.39, 0.29) is 16.8 Å². The number of ether oxygens (including phenoxy) is 1. The van der Waals surface area contributed by atoms with Gasteiger partial charge in [0, 0.05) is 24.7 Å². The van der Waals surface area contributed by atoms with E-state index in [2.05, 4.69) is 5.32 Å². The van der Waals surface area contributed by atoms with Crippen LogP contribution in [0.15, 0.2) is 47.4 Å². The Morgan fingerprint density at radius 2 is 1.71 bits per heavy atom. The van der Waals surface area contributed by atoms with E-state index < -0.39 is 10.0 Å². The Morgan fingerprint density at radius 1 is 1.07 bits per heavy atom. The molecule has 0 unspecified atom stereocenters. The SMILES string of the molecule is COc1ccc(S(=O)(=O)N2CCC(NC(=O)c3ccc(Cl)c(Cl)c3)CC2)cc1. The molecule has 0 aliphatic carbocycles. The number of carbonyl (C=O) groups is 1. The lowest BCUT2D eigenvalue weighted by atomic mass is 10.1. The van der Waals surface area contributed by atoms with Crippen molar-refractivity contribution in [3.05, 3.63) is 58.1 Å². The van der Waals surface area contributed by atoms with Crippen LogP contribution in [0.4, 0.5) is 0 Å². The van der Waals surface area contributed by atoms with Gasteiger partial charge in [-0.25, -0.2) is 8.42 Å². The van der Waals surface area contributed by atoms with Crippen LogP contribution in [0.5, 0.6) is 5.75 Å². The number of hydrogen-bond donors (Lipinski definition) is 1. The zero-order valence-corrected chi connectivity index (χ0v) is 17.5. The molecular formula is C19H20Cl2N2O4S. The van der Waals surface area contributed by atoms with Crippen molar-refractivity contribution in [2.24, 2.45) is 0 Å². The highest BCUT2D eigenvalue weighted by Crippen LogP contribution is 2.24. The summed E-state index contributed by atoms with van der Waals surface area (Å²) >= 11 is 11.8. The first-order chi connectivity index (χ1) is 13.3. The quantitative estimate of drug-likeness (QED) is 0.767. The highest BCUT2D eigenvalue weighted by atomic mass is 35.5. The molecule has 28 heavy (non-hydrogen) atoms. The van der Waals surface area contributed by atoms with Crippen molar-refractivity contribution in [3.8, 4) is 5.75 Å². The second-order valence-electron chi connectivity index (χ2n) is 6.46. The maximum absolute atomic E-state index is 12.8. The molecule has 2 aromatic carbocycles. The molecule has 1 N–H and O–H groups in total. The monoisotopic (exact) mass is 442 g/mol. The molecule has 0 atom stereocenters. The van der Waals surface area contributed by atoms with Gasteiger partial charge in [-0.15, -0.1) is 0 Å². The van der Waals surface area contributed by atoms with Gasteiger partial charge in [-0.3, -0.25) is 4.79 Å². The second kappa shape index (κ2) is 8.69. The van der Waals surface area contributed by atoms with Crippen LogP contribution in [0, 0.1) is 0 Å². The molecule has 1 aliphatic heterocycles. The Bertz CT molecular complexity index is 956. The van der Waals surface area contributed by atoms with Gasteiger partial charge >= 0.3 is 0 Å². The Labute approximate surface area is 174 Å². The predicted octanol–water partition coefficient (Wildman–Crippen LogP) is 3.59. The van der Waals surface area contributed by atoms with Crippen LogP contribution in [-0.2, 0) is 10.0 Å². The number of nitrogens with zero attached hydrogens (tertiary/aromatic N) is 1. The smallest absolute Gasteiger partial charge is 0.251 e. The minimum atomic E-state index is -3.57. The molecule has 6 nitrogen and oxygen atoms in total. The molecule has 0 saturated carbocycles. The lowest BCUT2D eigenvalue weighted by Crippen LogP contribution is -2.46. The van der Waals surface area contributed by atoms with Gasteiger partial charge in [0.2, 0.25) is 10.0 Å². The zero-order valence-electron chi connectivity index (χ0n) is 15.2. The summed E-state index contributed by atoms with van der Waals surface area (Å²) in [4.78, 5) is 12.6. The zero-order chi connectivity index (χ0) is 20.3. The van der Waals surface area contributed by atoms with E-state index in [4.69, 9.17) is 27.9 Å². The van der Waals surface area contributed by atoms with Crippen molar-refractivity contribution in [2.75, 3.05) is 20.2 Å². The maximum Gasteiger partial charge on any atom is 0.251 e. The van der Waals surface area contributed by atoms with Gasteiger partial charge in [-0.1, -0.05) is 23.2 Å². The van der Waals surface area contributed by atoms with E-state index in [9.17, 15) is 13.2 Å². The summed E-state index contributed by atoms with van der Waals surface area (Å²) < 4.78 is 32.1. The number of nitrogens with one attached hydrogen (secondary N) is 1. The number of halogens is 2. The van der Waals surface area contributed by atoms with Crippen molar-refractivity contribution in [3.63, 3.8) is 0 Å². The van der Waals surface area contributed by atoms with Crippen LogP contribution in [-0.4, -0.2) is 44.9 Å². The first-order valence-corrected chi connectivity index (χ1v) is 10.9. The molecule has 1 saturated heterocycles. The fraction of sp³-hybridized carbons (Fsp3) is 0.316. The van der Waals surface area contributed by atoms with E-state index in [0.29, 0.717) is 47.3 Å². The van der Waals surface area contributed by atoms with Gasteiger partial charge in [0.05, 0.1) is 22.1 Å². The van der Waals surface area contributed by atoms with E-state index in [1.54, 1.807) is 24.3 Å². The number of sulfonamides is 1. The minimum absolute atomic E-state index is 0.107. The van der Waals surface area contributed by atoms with Gasteiger partial charge in [0.25, 0.3) is 5.91 Å². The van der Waals surface area contributed by atoms with Gasteiger partial charge in [0.15, 0.2) is 0 Å². The van der Waals surface area contributed by atoms with Crippen LogP contribution in [0.3, 0.4) is 0 Å². The van der Waals surface area contributed by atoms with Crippen LogP contribution in [0.2, 0.25) is 10.0 Å². The van der Waals surface area contributed by atoms with Crippen molar-refractivity contribution >= 4 is 39.1 Å². The molecular weight excluding hydrogens is 423 g/mol. The van der Waals surface area contributed by atoms with E-state index in [0.717, 1.165) is 0 Å². The van der Waals surface area contributed by atoms with Gasteiger partial charge in [-0.05, 0) is 55.3 Å². The Morgan fingerprint density at radius 3 is 2.29 bits per heavy atom. The van der Waals surface area contributed by atoms with E-state index >= 15 is 0 Å². The lowest BCUT2D eigenvalue weighted by molar-refractivity contribution is 0.0924. The Kier molecular flexibility index (Phi) is 6.50. The number of methoxy groups -OCH3 is 1. The Balaban J connectivity index is 1.60. The van der Waals surface area contributed by atoms with Gasteiger partial charge in [0.1, 0.15) is 5.75 Å². The third-order valence-electron chi connectivity index (χ3n) is 4.67. The molecule has 0 spiro atoms. The number of rotatable bonds is 5. The minimum Gasteiger partial charge on any atom is -0.497 e. The third kappa shape index (κ3) is 4.60. The fourth-order valence-corrected chi connectivity index (χ4v) is 4.81. The Hall–Kier alpha value is -1.80. The first kappa shape index (κ1) is 20.9. The molecule has 0 bridgehead atoms. The summed E-state index contributed by atoms with van der Waals surface area (Å²) in [5.74, 6) is 0.345. The van der Waals surface area contributed by atoms with Crippen LogP contribution in [0.1, 0.15) is 23.2 Å². The van der Waals surface area contributed by atoms with Crippen molar-refractivity contribution < 1.29 is 17.9 Å². The summed E-state index contributed by atoms with van der Waals surface area (Å²) in [6, 6.07) is 10.9. The molecule has 9 heteroatoms. The maximum atomic E-state index is 12.8. The summed E-state index contributed by atoms with van der Waals surface area (Å²) in [5, 5.41) is 3.63. The number of carbonyl (C=O) groups excluding carboxylic acids is 1. The van der Waals surface area contributed by atoms with E-state index in [1.165, 1.54) is 29.6 Å². The van der Waals surface area contributed by atoms with Crippen molar-refractivity contribution in [1.29, 1.82) is 0 Å². The molecule has 2 aromatic rings. The van der Waals surface area contributed by atoms with Gasteiger partial charge in [-0.2, -0.15) is 4.31 Å². The number of benzene rings is 2. The van der Waals surface area contributed by atoms with E-state index in [1.807, 2.05) is 0 Å². The fourth-order valence-electron chi connectivity index (χ4n) is 3.04. The lowest BCUT2D eigenvalue weighted by Gasteiger charge is -2.31. The van der Waals surface area contributed by atoms with Crippen LogP contribution in [0.25, 0.3) is 0 Å². The third-order valence-corrected chi connectivity index (χ3v) is 7.32. The molecule has 1 amide bonds. The predicted molar refractivity (Wildman–Crippen MR) is 109 cm³/mol. The number of amides is 1. The molecule has 1 aliphatic rings. The summed E-state index contributed by atoms with van der Waals surface area (Å²) in [5.41, 5.74) is 0.419. The number of piperidine rings is 1. The van der Waals surface area contributed by atoms with Gasteiger partial charge < -0.3 is 10.1 Å². The summed E-state index contributed by atoms with van der Waals surface area (Å²) in [6.07, 6.45) is 1.06. The average molecular weight is 443 g/mol. The highest BCUT2D eigenvalue weighted by Gasteiger charge is 2.30. The molecule has 150 valence electrons. The molecule has 1 heterocycles. The topological polar surface area (TPSA) is 75.7 Å². The van der Waals surface area contributed by atoms with Crippen LogP contribution >= 0.6 is 23.2 Å². The highest BCUT2D eigenvalue weighted by molar-refractivity contribution is 7.89. The summed E-state index contributed by atoms with van der Waals surface area (Å²) in [6.45, 7) is 0.668. The molecule has 3 rings (SSSR count). The molecule has 1 fully saturated rings.